The van der Waals surface area contributed by atoms with E-state index in [0.717, 1.165) is 18.4 Å². The minimum Gasteiger partial charge on any atom is -0.508 e. The van der Waals surface area contributed by atoms with Crippen LogP contribution in [0.25, 0.3) is 0 Å². The maximum atomic E-state index is 11.9. The minimum absolute atomic E-state index is 0.0100. The largest absolute Gasteiger partial charge is 0.508 e. The molecule has 1 amide bonds. The van der Waals surface area contributed by atoms with Gasteiger partial charge in [0.2, 0.25) is 5.91 Å². The summed E-state index contributed by atoms with van der Waals surface area (Å²) in [5.74, 6) is -1.08. The number of nitrogens with one attached hydrogen (secondary N) is 1. The van der Waals surface area contributed by atoms with Gasteiger partial charge in [0, 0.05) is 6.04 Å². The number of aliphatic carboxylic acids is 1. The van der Waals surface area contributed by atoms with Crippen molar-refractivity contribution in [1.82, 2.24) is 5.32 Å². The molecular formula is C16H23NO4. The molecule has 0 saturated heterocycles. The lowest BCUT2D eigenvalue weighted by Crippen LogP contribution is -2.33. The number of amides is 1. The van der Waals surface area contributed by atoms with Crippen molar-refractivity contribution in [1.29, 1.82) is 0 Å². The Balaban J connectivity index is 2.29. The number of carboxylic acids is 1. The van der Waals surface area contributed by atoms with E-state index in [-0.39, 0.29) is 30.0 Å². The van der Waals surface area contributed by atoms with Crippen LogP contribution in [0.1, 0.15) is 38.7 Å². The van der Waals surface area contributed by atoms with Gasteiger partial charge in [0.15, 0.2) is 0 Å². The van der Waals surface area contributed by atoms with Gasteiger partial charge in [0.05, 0.1) is 12.3 Å². The fourth-order valence-corrected chi connectivity index (χ4v) is 2.10. The van der Waals surface area contributed by atoms with Crippen LogP contribution in [0.15, 0.2) is 24.3 Å². The quantitative estimate of drug-likeness (QED) is 0.686. The van der Waals surface area contributed by atoms with Gasteiger partial charge in [-0.25, -0.2) is 0 Å². The summed E-state index contributed by atoms with van der Waals surface area (Å²) in [5, 5.41) is 21.0. The number of aromatic hydroxyl groups is 1. The number of rotatable bonds is 8. The number of carbonyl (C=O) groups excluding carboxylic acids is 1. The van der Waals surface area contributed by atoms with Crippen molar-refractivity contribution in [3.63, 3.8) is 0 Å². The van der Waals surface area contributed by atoms with Crippen molar-refractivity contribution in [2.45, 2.75) is 45.6 Å². The van der Waals surface area contributed by atoms with Crippen molar-refractivity contribution < 1.29 is 19.8 Å². The van der Waals surface area contributed by atoms with Gasteiger partial charge in [-0.3, -0.25) is 9.59 Å². The van der Waals surface area contributed by atoms with Gasteiger partial charge in [-0.05, 0) is 37.5 Å². The number of hydrogen-bond acceptors (Lipinski definition) is 3. The van der Waals surface area contributed by atoms with Crippen LogP contribution < -0.4 is 5.32 Å². The second-order valence-corrected chi connectivity index (χ2v) is 5.49. The first-order valence-electron chi connectivity index (χ1n) is 7.18. The average Bonchev–Trinajstić information content (AvgIpc) is 2.37. The maximum Gasteiger partial charge on any atom is 0.306 e. The van der Waals surface area contributed by atoms with Crippen LogP contribution in [0.5, 0.6) is 5.75 Å². The molecule has 2 atom stereocenters. The van der Waals surface area contributed by atoms with Crippen LogP contribution in [0.2, 0.25) is 0 Å². The molecule has 0 radical (unpaired) electrons. The Morgan fingerprint density at radius 3 is 2.57 bits per heavy atom. The highest BCUT2D eigenvalue weighted by Gasteiger charge is 2.12. The molecule has 0 bridgehead atoms. The number of phenolic OH excluding ortho intramolecular Hbond substituents is 1. The van der Waals surface area contributed by atoms with Crippen LogP contribution in [0.4, 0.5) is 0 Å². The van der Waals surface area contributed by atoms with Crippen LogP contribution >= 0.6 is 0 Å². The Kier molecular flexibility index (Phi) is 6.72. The van der Waals surface area contributed by atoms with E-state index in [0.29, 0.717) is 6.42 Å². The third-order valence-corrected chi connectivity index (χ3v) is 3.38. The van der Waals surface area contributed by atoms with E-state index < -0.39 is 5.97 Å². The van der Waals surface area contributed by atoms with E-state index in [1.54, 1.807) is 31.2 Å². The molecule has 5 heteroatoms. The predicted molar refractivity (Wildman–Crippen MR) is 80.1 cm³/mol. The van der Waals surface area contributed by atoms with Gasteiger partial charge in [-0.1, -0.05) is 25.5 Å². The highest BCUT2D eigenvalue weighted by Crippen LogP contribution is 2.12. The summed E-state index contributed by atoms with van der Waals surface area (Å²) in [7, 11) is 0. The Hall–Kier alpha value is -2.04. The Bertz CT molecular complexity index is 487. The number of phenols is 1. The molecule has 0 aliphatic carbocycles. The zero-order valence-corrected chi connectivity index (χ0v) is 12.5. The predicted octanol–water partition coefficient (Wildman–Crippen LogP) is 2.33. The molecule has 1 rings (SSSR count). The van der Waals surface area contributed by atoms with E-state index in [1.807, 2.05) is 6.92 Å². The lowest BCUT2D eigenvalue weighted by atomic mass is 10.0. The van der Waals surface area contributed by atoms with Crippen molar-refractivity contribution >= 4 is 11.9 Å². The zero-order chi connectivity index (χ0) is 15.8. The van der Waals surface area contributed by atoms with Crippen molar-refractivity contribution in [3.8, 4) is 5.75 Å². The summed E-state index contributed by atoms with van der Waals surface area (Å²) in [6.07, 6.45) is 2.36. The summed E-state index contributed by atoms with van der Waals surface area (Å²) in [5.41, 5.74) is 0.763. The van der Waals surface area contributed by atoms with Gasteiger partial charge in [0.1, 0.15) is 5.75 Å². The third kappa shape index (κ3) is 6.79. The maximum absolute atomic E-state index is 11.9. The van der Waals surface area contributed by atoms with Crippen LogP contribution in [-0.2, 0) is 16.0 Å². The summed E-state index contributed by atoms with van der Waals surface area (Å²) in [6, 6.07) is 6.63. The van der Waals surface area contributed by atoms with E-state index >= 15 is 0 Å². The molecule has 0 heterocycles. The lowest BCUT2D eigenvalue weighted by Gasteiger charge is -2.14. The molecule has 0 spiro atoms. The Morgan fingerprint density at radius 1 is 1.24 bits per heavy atom. The van der Waals surface area contributed by atoms with Gasteiger partial charge >= 0.3 is 5.97 Å². The summed E-state index contributed by atoms with van der Waals surface area (Å²) < 4.78 is 0. The van der Waals surface area contributed by atoms with Crippen molar-refractivity contribution in [2.24, 2.45) is 5.92 Å². The average molecular weight is 293 g/mol. The number of carboxylic acid groups (broad SMARTS) is 1. The second kappa shape index (κ2) is 8.29. The van der Waals surface area contributed by atoms with Gasteiger partial charge in [0.25, 0.3) is 0 Å². The highest BCUT2D eigenvalue weighted by atomic mass is 16.4. The summed E-state index contributed by atoms with van der Waals surface area (Å²) in [6.45, 7) is 3.60. The first-order valence-corrected chi connectivity index (χ1v) is 7.18. The number of benzene rings is 1. The third-order valence-electron chi connectivity index (χ3n) is 3.38. The van der Waals surface area contributed by atoms with E-state index in [1.165, 1.54) is 0 Å². The van der Waals surface area contributed by atoms with Crippen molar-refractivity contribution in [2.75, 3.05) is 0 Å². The number of hydrogen-bond donors (Lipinski definition) is 3. The van der Waals surface area contributed by atoms with E-state index in [9.17, 15) is 14.7 Å². The van der Waals surface area contributed by atoms with Gasteiger partial charge in [-0.15, -0.1) is 0 Å². The molecule has 0 aliphatic heterocycles. The molecule has 2 unspecified atom stereocenters. The zero-order valence-electron chi connectivity index (χ0n) is 12.5. The first kappa shape index (κ1) is 17.0. The highest BCUT2D eigenvalue weighted by molar-refractivity contribution is 5.78. The normalized spacial score (nSPS) is 13.4. The molecule has 0 fully saturated rings. The van der Waals surface area contributed by atoms with Gasteiger partial charge in [-0.2, -0.15) is 0 Å². The topological polar surface area (TPSA) is 86.6 Å². The molecule has 1 aromatic rings. The number of carbonyl (C=O) groups is 2. The summed E-state index contributed by atoms with van der Waals surface area (Å²) >= 11 is 0. The smallest absolute Gasteiger partial charge is 0.306 e. The molecule has 3 N–H and O–H groups in total. The van der Waals surface area contributed by atoms with E-state index in [2.05, 4.69) is 5.32 Å². The van der Waals surface area contributed by atoms with E-state index in [4.69, 9.17) is 5.11 Å². The van der Waals surface area contributed by atoms with Gasteiger partial charge < -0.3 is 15.5 Å². The molecule has 0 aliphatic rings. The standard InChI is InChI=1S/C16H23NO4/c1-11(16(20)21)5-3-6-12(2)17-15(19)10-13-7-4-8-14(18)9-13/h4,7-9,11-12,18H,3,5-6,10H2,1-2H3,(H,17,19)(H,20,21). The molecule has 116 valence electrons. The van der Waals surface area contributed by atoms with Crippen molar-refractivity contribution in [3.05, 3.63) is 29.8 Å². The Morgan fingerprint density at radius 2 is 1.95 bits per heavy atom. The van der Waals surface area contributed by atoms with Crippen LogP contribution in [0, 0.1) is 5.92 Å². The van der Waals surface area contributed by atoms with Crippen LogP contribution in [0.3, 0.4) is 0 Å². The van der Waals surface area contributed by atoms with Crippen LogP contribution in [-0.4, -0.2) is 28.1 Å². The Labute approximate surface area is 125 Å². The molecule has 0 aromatic heterocycles. The molecule has 21 heavy (non-hydrogen) atoms. The summed E-state index contributed by atoms with van der Waals surface area (Å²) in [4.78, 5) is 22.5. The second-order valence-electron chi connectivity index (χ2n) is 5.49. The molecule has 1 aromatic carbocycles. The SMILES string of the molecule is CC(CCCC(C)C(=O)O)NC(=O)Cc1cccc(O)c1. The first-order chi connectivity index (χ1) is 9.88. The molecule has 0 saturated carbocycles. The molecule has 5 nitrogen and oxygen atoms in total. The minimum atomic E-state index is -0.782. The molecular weight excluding hydrogens is 270 g/mol. The monoisotopic (exact) mass is 293 g/mol. The lowest BCUT2D eigenvalue weighted by molar-refractivity contribution is -0.141. The fraction of sp³-hybridized carbons (Fsp3) is 0.500. The fourth-order valence-electron chi connectivity index (χ4n) is 2.10.